The maximum absolute atomic E-state index is 12.4. The van der Waals surface area contributed by atoms with Crippen LogP contribution >= 0.6 is 0 Å². The van der Waals surface area contributed by atoms with Crippen molar-refractivity contribution in [3.8, 4) is 11.4 Å². The highest BCUT2D eigenvalue weighted by atomic mass is 16.5. The minimum absolute atomic E-state index is 0.0507. The molecule has 2 aromatic rings. The van der Waals surface area contributed by atoms with Crippen LogP contribution in [0.25, 0.3) is 5.69 Å². The van der Waals surface area contributed by atoms with Gasteiger partial charge in [0.15, 0.2) is 5.69 Å². The maximum Gasteiger partial charge on any atom is 0.274 e. The highest BCUT2D eigenvalue weighted by Crippen LogP contribution is 2.15. The normalized spacial score (nSPS) is 10.5. The number of hydrogen-bond donors (Lipinski definition) is 1. The van der Waals surface area contributed by atoms with Crippen molar-refractivity contribution < 1.29 is 14.6 Å². The number of carbonyl (C=O) groups is 1. The molecule has 1 heterocycles. The first kappa shape index (κ1) is 16.0. The fourth-order valence-corrected chi connectivity index (χ4v) is 2.18. The van der Waals surface area contributed by atoms with Crippen molar-refractivity contribution >= 4 is 5.91 Å². The van der Waals surface area contributed by atoms with Gasteiger partial charge < -0.3 is 14.7 Å². The molecule has 0 bridgehead atoms. The monoisotopic (exact) mass is 303 g/mol. The van der Waals surface area contributed by atoms with Crippen molar-refractivity contribution in [2.24, 2.45) is 0 Å². The Labute approximate surface area is 129 Å². The standard InChI is InChI=1S/C16H21N3O3/c1-3-9-18(11-12-20)16(21)15-8-10-19(17-15)13-4-6-14(22-2)7-5-13/h4-8,10,20H,3,9,11-12H2,1-2H3. The molecule has 1 amide bonds. The number of amides is 1. The van der Waals surface area contributed by atoms with Gasteiger partial charge in [-0.3, -0.25) is 4.79 Å². The third-order valence-electron chi connectivity index (χ3n) is 3.30. The Morgan fingerprint density at radius 2 is 2.00 bits per heavy atom. The number of benzene rings is 1. The number of methoxy groups -OCH3 is 1. The largest absolute Gasteiger partial charge is 0.497 e. The lowest BCUT2D eigenvalue weighted by molar-refractivity contribution is 0.0715. The Bertz CT molecular complexity index is 601. The van der Waals surface area contributed by atoms with Gasteiger partial charge in [0.2, 0.25) is 0 Å². The van der Waals surface area contributed by atoms with Gasteiger partial charge in [0.05, 0.1) is 19.4 Å². The first-order valence-corrected chi connectivity index (χ1v) is 7.29. The minimum Gasteiger partial charge on any atom is -0.497 e. The van der Waals surface area contributed by atoms with Crippen LogP contribution in [-0.2, 0) is 0 Å². The topological polar surface area (TPSA) is 67.6 Å². The molecule has 22 heavy (non-hydrogen) atoms. The van der Waals surface area contributed by atoms with E-state index in [1.165, 1.54) is 0 Å². The highest BCUT2D eigenvalue weighted by Gasteiger charge is 2.17. The summed E-state index contributed by atoms with van der Waals surface area (Å²) in [6.45, 7) is 2.87. The lowest BCUT2D eigenvalue weighted by Crippen LogP contribution is -2.34. The zero-order chi connectivity index (χ0) is 15.9. The predicted molar refractivity (Wildman–Crippen MR) is 83.4 cm³/mol. The van der Waals surface area contributed by atoms with Crippen molar-refractivity contribution in [1.29, 1.82) is 0 Å². The van der Waals surface area contributed by atoms with E-state index < -0.39 is 0 Å². The predicted octanol–water partition coefficient (Wildman–Crippen LogP) is 1.73. The lowest BCUT2D eigenvalue weighted by Gasteiger charge is -2.19. The molecule has 0 radical (unpaired) electrons. The van der Waals surface area contributed by atoms with Gasteiger partial charge in [-0.15, -0.1) is 0 Å². The molecular weight excluding hydrogens is 282 g/mol. The summed E-state index contributed by atoms with van der Waals surface area (Å²) in [5.74, 6) is 0.604. The summed E-state index contributed by atoms with van der Waals surface area (Å²) < 4.78 is 6.77. The minimum atomic E-state index is -0.164. The molecule has 6 heteroatoms. The van der Waals surface area contributed by atoms with E-state index in [0.29, 0.717) is 18.8 Å². The van der Waals surface area contributed by atoms with E-state index in [1.807, 2.05) is 31.2 Å². The molecule has 6 nitrogen and oxygen atoms in total. The van der Waals surface area contributed by atoms with E-state index in [0.717, 1.165) is 17.9 Å². The van der Waals surface area contributed by atoms with E-state index >= 15 is 0 Å². The number of aliphatic hydroxyl groups excluding tert-OH is 1. The molecule has 1 aromatic heterocycles. The van der Waals surface area contributed by atoms with E-state index in [9.17, 15) is 4.79 Å². The number of hydrogen-bond acceptors (Lipinski definition) is 4. The first-order valence-electron chi connectivity index (χ1n) is 7.29. The molecule has 0 aliphatic rings. The summed E-state index contributed by atoms with van der Waals surface area (Å²) in [6.07, 6.45) is 2.59. The molecule has 0 fully saturated rings. The molecule has 0 spiro atoms. The van der Waals surface area contributed by atoms with Crippen LogP contribution in [0.4, 0.5) is 0 Å². The molecule has 0 unspecified atom stereocenters. The number of carbonyl (C=O) groups excluding carboxylic acids is 1. The molecule has 0 atom stereocenters. The van der Waals surface area contributed by atoms with Gasteiger partial charge in [0.1, 0.15) is 5.75 Å². The van der Waals surface area contributed by atoms with Gasteiger partial charge in [-0.1, -0.05) is 6.92 Å². The van der Waals surface area contributed by atoms with Gasteiger partial charge in [0, 0.05) is 19.3 Å². The van der Waals surface area contributed by atoms with Gasteiger partial charge in [-0.05, 0) is 36.8 Å². The number of nitrogens with zero attached hydrogens (tertiary/aromatic N) is 3. The van der Waals surface area contributed by atoms with Crippen LogP contribution in [0.15, 0.2) is 36.5 Å². The number of rotatable bonds is 7. The summed E-state index contributed by atoms with van der Waals surface area (Å²) in [7, 11) is 1.61. The van der Waals surface area contributed by atoms with Crippen LogP contribution < -0.4 is 4.74 Å². The fraction of sp³-hybridized carbons (Fsp3) is 0.375. The maximum atomic E-state index is 12.4. The first-order chi connectivity index (χ1) is 10.7. The second kappa shape index (κ2) is 7.61. The lowest BCUT2D eigenvalue weighted by atomic mass is 10.3. The van der Waals surface area contributed by atoms with Crippen LogP contribution in [0.2, 0.25) is 0 Å². The van der Waals surface area contributed by atoms with E-state index in [1.54, 1.807) is 29.0 Å². The third-order valence-corrected chi connectivity index (χ3v) is 3.30. The third kappa shape index (κ3) is 3.65. The Morgan fingerprint density at radius 3 is 2.59 bits per heavy atom. The summed E-state index contributed by atoms with van der Waals surface area (Å²) in [6, 6.07) is 9.11. The Morgan fingerprint density at radius 1 is 1.27 bits per heavy atom. The molecule has 0 aliphatic heterocycles. The van der Waals surface area contributed by atoms with Crippen molar-refractivity contribution in [1.82, 2.24) is 14.7 Å². The molecule has 0 saturated heterocycles. The highest BCUT2D eigenvalue weighted by molar-refractivity contribution is 5.92. The SMILES string of the molecule is CCCN(CCO)C(=O)c1ccn(-c2ccc(OC)cc2)n1. The van der Waals surface area contributed by atoms with Crippen LogP contribution in [0, 0.1) is 0 Å². The molecule has 1 aromatic carbocycles. The zero-order valence-electron chi connectivity index (χ0n) is 12.9. The zero-order valence-corrected chi connectivity index (χ0v) is 12.9. The smallest absolute Gasteiger partial charge is 0.274 e. The molecular formula is C16H21N3O3. The van der Waals surface area contributed by atoms with Gasteiger partial charge in [-0.2, -0.15) is 5.10 Å². The van der Waals surface area contributed by atoms with Crippen molar-refractivity contribution in [3.63, 3.8) is 0 Å². The van der Waals surface area contributed by atoms with Crippen molar-refractivity contribution in [2.75, 3.05) is 26.8 Å². The summed E-state index contributed by atoms with van der Waals surface area (Å²) in [4.78, 5) is 14.0. The van der Waals surface area contributed by atoms with Gasteiger partial charge >= 0.3 is 0 Å². The van der Waals surface area contributed by atoms with Gasteiger partial charge in [0.25, 0.3) is 5.91 Å². The van der Waals surface area contributed by atoms with Crippen LogP contribution in [0.1, 0.15) is 23.8 Å². The second-order valence-electron chi connectivity index (χ2n) is 4.86. The molecule has 2 rings (SSSR count). The van der Waals surface area contributed by atoms with Crippen LogP contribution in [0.3, 0.4) is 0 Å². The molecule has 0 aliphatic carbocycles. The summed E-state index contributed by atoms with van der Waals surface area (Å²) >= 11 is 0. The Hall–Kier alpha value is -2.34. The van der Waals surface area contributed by atoms with E-state index in [4.69, 9.17) is 9.84 Å². The van der Waals surface area contributed by atoms with E-state index in [-0.39, 0.29) is 12.5 Å². The molecule has 1 N–H and O–H groups in total. The second-order valence-corrected chi connectivity index (χ2v) is 4.86. The summed E-state index contributed by atoms with van der Waals surface area (Å²) in [5.41, 5.74) is 1.22. The number of ether oxygens (including phenoxy) is 1. The number of aromatic nitrogens is 2. The fourth-order valence-electron chi connectivity index (χ4n) is 2.18. The van der Waals surface area contributed by atoms with Crippen molar-refractivity contribution in [3.05, 3.63) is 42.2 Å². The van der Waals surface area contributed by atoms with Crippen molar-refractivity contribution in [2.45, 2.75) is 13.3 Å². The van der Waals surface area contributed by atoms with Gasteiger partial charge in [-0.25, -0.2) is 4.68 Å². The average Bonchev–Trinajstić information content (AvgIpc) is 3.04. The Balaban J connectivity index is 2.17. The molecule has 0 saturated carbocycles. The van der Waals surface area contributed by atoms with Crippen LogP contribution in [-0.4, -0.2) is 52.5 Å². The molecule has 118 valence electrons. The number of aliphatic hydroxyl groups is 1. The summed E-state index contributed by atoms with van der Waals surface area (Å²) in [5, 5.41) is 13.4. The van der Waals surface area contributed by atoms with Crippen LogP contribution in [0.5, 0.6) is 5.75 Å². The van der Waals surface area contributed by atoms with E-state index in [2.05, 4.69) is 5.10 Å². The quantitative estimate of drug-likeness (QED) is 0.846. The average molecular weight is 303 g/mol. The Kier molecular flexibility index (Phi) is 5.55.